The second-order valence-electron chi connectivity index (χ2n) is 6.19. The summed E-state index contributed by atoms with van der Waals surface area (Å²) in [4.78, 5) is 16.2. The van der Waals surface area contributed by atoms with Crippen LogP contribution in [0.5, 0.6) is 0 Å². The summed E-state index contributed by atoms with van der Waals surface area (Å²) in [6, 6.07) is 19.1. The van der Waals surface area contributed by atoms with Crippen molar-refractivity contribution in [3.8, 4) is 27.8 Å². The van der Waals surface area contributed by atoms with Gasteiger partial charge < -0.3 is 4.80 Å². The third-order valence-electron chi connectivity index (χ3n) is 4.18. The van der Waals surface area contributed by atoms with Crippen LogP contribution in [0.2, 0.25) is 6.04 Å². The number of alkyl halides is 1. The number of unbranched alkanes of at least 4 members (excludes halogenated alkanes) is 1. The van der Waals surface area contributed by atoms with E-state index < -0.39 is 9.04 Å². The van der Waals surface area contributed by atoms with Crippen molar-refractivity contribution in [3.63, 3.8) is 0 Å². The highest BCUT2D eigenvalue weighted by Gasteiger charge is 2.18. The standard InChI is InChI=1S/C21H20ClN2OS2Si/c22-10-4-5-12-28(25)15-27-21-18(14-23)17(16-7-2-1-3-8-16)13-19(24-21)20-9-6-11-26-20/h1-3,6-9,11,13,25H,4-5,10,12,15H2. The molecule has 0 bridgehead atoms. The van der Waals surface area contributed by atoms with E-state index in [1.807, 2.05) is 53.9 Å². The smallest absolute Gasteiger partial charge is 0.217 e. The van der Waals surface area contributed by atoms with Crippen LogP contribution in [0.3, 0.4) is 0 Å². The van der Waals surface area contributed by atoms with Crippen molar-refractivity contribution >= 4 is 43.7 Å². The molecule has 0 spiro atoms. The summed E-state index contributed by atoms with van der Waals surface area (Å²) in [6.07, 6.45) is 1.87. The van der Waals surface area contributed by atoms with Gasteiger partial charge in [0.2, 0.25) is 9.04 Å². The number of benzene rings is 1. The molecule has 0 aliphatic heterocycles. The van der Waals surface area contributed by atoms with Crippen molar-refractivity contribution in [1.29, 1.82) is 5.26 Å². The van der Waals surface area contributed by atoms with E-state index in [2.05, 4.69) is 6.07 Å². The van der Waals surface area contributed by atoms with E-state index in [0.29, 0.717) is 21.8 Å². The quantitative estimate of drug-likeness (QED) is 0.191. The van der Waals surface area contributed by atoms with Gasteiger partial charge in [-0.3, -0.25) is 0 Å². The van der Waals surface area contributed by atoms with Gasteiger partial charge in [-0.15, -0.1) is 34.7 Å². The van der Waals surface area contributed by atoms with Crippen LogP contribution in [0.1, 0.15) is 18.4 Å². The van der Waals surface area contributed by atoms with Crippen molar-refractivity contribution in [1.82, 2.24) is 4.98 Å². The van der Waals surface area contributed by atoms with Crippen LogP contribution in [0, 0.1) is 11.3 Å². The normalized spacial score (nSPS) is 10.9. The predicted octanol–water partition coefficient (Wildman–Crippen LogP) is 5.98. The zero-order valence-corrected chi connectivity index (χ0v) is 18.7. The number of pyridine rings is 1. The second kappa shape index (κ2) is 10.8. The lowest BCUT2D eigenvalue weighted by Crippen LogP contribution is -2.16. The van der Waals surface area contributed by atoms with E-state index in [-0.39, 0.29) is 0 Å². The Kier molecular flexibility index (Phi) is 8.13. The van der Waals surface area contributed by atoms with E-state index in [1.165, 1.54) is 11.8 Å². The summed E-state index contributed by atoms with van der Waals surface area (Å²) in [5.74, 6) is 0.631. The molecular formula is C21H20ClN2OS2Si. The number of thioether (sulfide) groups is 1. The minimum absolute atomic E-state index is 0.576. The largest absolute Gasteiger partial charge is 0.431 e. The fraction of sp³-hybridized carbons (Fsp3) is 0.238. The number of halogens is 1. The van der Waals surface area contributed by atoms with Gasteiger partial charge in [0, 0.05) is 16.8 Å². The molecule has 0 saturated carbocycles. The zero-order valence-electron chi connectivity index (χ0n) is 15.3. The lowest BCUT2D eigenvalue weighted by molar-refractivity contribution is 0.570. The summed E-state index contributed by atoms with van der Waals surface area (Å²) >= 11 is 8.84. The van der Waals surface area contributed by atoms with Crippen molar-refractivity contribution in [2.75, 3.05) is 11.3 Å². The molecule has 143 valence electrons. The van der Waals surface area contributed by atoms with E-state index in [9.17, 15) is 10.1 Å². The first-order chi connectivity index (χ1) is 13.7. The Bertz CT molecular complexity index is 930. The molecule has 1 N–H and O–H groups in total. The molecule has 0 aliphatic carbocycles. The summed E-state index contributed by atoms with van der Waals surface area (Å²) in [7, 11) is -1.47. The summed E-state index contributed by atoms with van der Waals surface area (Å²) in [6.45, 7) is 0. The number of nitriles is 1. The van der Waals surface area contributed by atoms with Crippen molar-refractivity contribution in [2.24, 2.45) is 0 Å². The lowest BCUT2D eigenvalue weighted by Gasteiger charge is -2.13. The average Bonchev–Trinajstić information content (AvgIpc) is 3.27. The third kappa shape index (κ3) is 5.46. The summed E-state index contributed by atoms with van der Waals surface area (Å²) in [5, 5.41) is 13.2. The summed E-state index contributed by atoms with van der Waals surface area (Å²) < 4.78 is 0. The highest BCUT2D eigenvalue weighted by molar-refractivity contribution is 8.00. The molecule has 0 fully saturated rings. The Balaban J connectivity index is 1.94. The van der Waals surface area contributed by atoms with Gasteiger partial charge in [0.25, 0.3) is 0 Å². The highest BCUT2D eigenvalue weighted by atomic mass is 35.5. The predicted molar refractivity (Wildman–Crippen MR) is 121 cm³/mol. The lowest BCUT2D eigenvalue weighted by atomic mass is 10.0. The molecule has 3 aromatic rings. The molecule has 0 aliphatic rings. The molecule has 28 heavy (non-hydrogen) atoms. The minimum Gasteiger partial charge on any atom is -0.431 e. The number of nitrogens with zero attached hydrogens (tertiary/aromatic N) is 2. The van der Waals surface area contributed by atoms with Crippen molar-refractivity contribution in [3.05, 3.63) is 59.5 Å². The third-order valence-corrected chi connectivity index (χ3v) is 8.75. The van der Waals surface area contributed by atoms with Crippen molar-refractivity contribution in [2.45, 2.75) is 23.9 Å². The van der Waals surface area contributed by atoms with Crippen LogP contribution in [-0.2, 0) is 0 Å². The van der Waals surface area contributed by atoms with Gasteiger partial charge in [-0.1, -0.05) is 42.8 Å². The number of hydrogen-bond donors (Lipinski definition) is 1. The molecule has 0 amide bonds. The van der Waals surface area contributed by atoms with Gasteiger partial charge in [0.15, 0.2) is 0 Å². The number of rotatable bonds is 9. The first-order valence-electron chi connectivity index (χ1n) is 8.99. The number of hydrogen-bond acceptors (Lipinski definition) is 5. The molecule has 1 aromatic carbocycles. The molecule has 0 saturated heterocycles. The molecular weight excluding hydrogens is 424 g/mol. The van der Waals surface area contributed by atoms with E-state index in [0.717, 1.165) is 40.6 Å². The highest BCUT2D eigenvalue weighted by Crippen LogP contribution is 2.35. The maximum atomic E-state index is 10.4. The van der Waals surface area contributed by atoms with Crippen LogP contribution < -0.4 is 0 Å². The Labute approximate surface area is 180 Å². The van der Waals surface area contributed by atoms with Crippen LogP contribution >= 0.6 is 34.7 Å². The summed E-state index contributed by atoms with van der Waals surface area (Å²) in [5.41, 5.74) is 3.33. The average molecular weight is 444 g/mol. The molecule has 2 heterocycles. The molecule has 7 heteroatoms. The fourth-order valence-corrected chi connectivity index (χ4v) is 6.56. The topological polar surface area (TPSA) is 56.9 Å². The van der Waals surface area contributed by atoms with Gasteiger partial charge in [-0.2, -0.15) is 5.26 Å². The monoisotopic (exact) mass is 443 g/mol. The van der Waals surface area contributed by atoms with Gasteiger partial charge in [-0.05, 0) is 35.5 Å². The van der Waals surface area contributed by atoms with E-state index in [1.54, 1.807) is 11.3 Å². The van der Waals surface area contributed by atoms with Gasteiger partial charge in [0.1, 0.15) is 11.1 Å². The van der Waals surface area contributed by atoms with Gasteiger partial charge in [0.05, 0.1) is 16.1 Å². The van der Waals surface area contributed by atoms with E-state index >= 15 is 0 Å². The fourth-order valence-electron chi connectivity index (χ4n) is 2.78. The van der Waals surface area contributed by atoms with Crippen LogP contribution in [0.4, 0.5) is 0 Å². The van der Waals surface area contributed by atoms with Crippen LogP contribution in [0.25, 0.3) is 21.7 Å². The molecule has 3 rings (SSSR count). The SMILES string of the molecule is N#Cc1c(-c2ccccc2)cc(-c2cccs2)nc1SC[Si](O)CCCCCl. The van der Waals surface area contributed by atoms with E-state index in [4.69, 9.17) is 16.6 Å². The number of thiophene rings is 1. The molecule has 3 nitrogen and oxygen atoms in total. The van der Waals surface area contributed by atoms with Gasteiger partial charge >= 0.3 is 0 Å². The Morgan fingerprint density at radius 3 is 2.68 bits per heavy atom. The maximum absolute atomic E-state index is 10.4. The molecule has 0 unspecified atom stereocenters. The van der Waals surface area contributed by atoms with Crippen molar-refractivity contribution < 1.29 is 4.80 Å². The maximum Gasteiger partial charge on any atom is 0.217 e. The molecule has 1 radical (unpaired) electrons. The van der Waals surface area contributed by atoms with Gasteiger partial charge in [-0.25, -0.2) is 4.98 Å². The second-order valence-corrected chi connectivity index (χ2v) is 11.0. The number of aromatic nitrogens is 1. The first-order valence-corrected chi connectivity index (χ1v) is 13.3. The van der Waals surface area contributed by atoms with Crippen LogP contribution in [0.15, 0.2) is 58.9 Å². The Hall–Kier alpha value is -1.62. The zero-order chi connectivity index (χ0) is 19.8. The first kappa shape index (κ1) is 21.1. The molecule has 2 aromatic heterocycles. The molecule has 0 atom stereocenters. The Morgan fingerprint density at radius 1 is 1.18 bits per heavy atom. The minimum atomic E-state index is -1.47. The van der Waals surface area contributed by atoms with Crippen LogP contribution in [-0.4, -0.2) is 30.1 Å². The Morgan fingerprint density at radius 2 is 2.00 bits per heavy atom.